The molecule has 0 amide bonds. The molecule has 1 unspecified atom stereocenters. The van der Waals surface area contributed by atoms with Crippen LogP contribution in [0.2, 0.25) is 0 Å². The summed E-state index contributed by atoms with van der Waals surface area (Å²) >= 11 is 0. The molecule has 0 saturated carbocycles. The molecule has 3 rings (SSSR count). The van der Waals surface area contributed by atoms with Gasteiger partial charge >= 0.3 is 5.97 Å². The molecule has 1 aromatic carbocycles. The van der Waals surface area contributed by atoms with Crippen LogP contribution in [0.4, 0.5) is 0 Å². The Bertz CT molecular complexity index is 949. The molecule has 1 saturated heterocycles. The van der Waals surface area contributed by atoms with E-state index >= 15 is 0 Å². The van der Waals surface area contributed by atoms with Crippen LogP contribution in [-0.4, -0.2) is 46.7 Å². The molecule has 8 heteroatoms. The minimum absolute atomic E-state index is 0.0996. The van der Waals surface area contributed by atoms with E-state index in [1.54, 1.807) is 43.8 Å². The molecule has 2 aromatic rings. The van der Waals surface area contributed by atoms with Crippen LogP contribution >= 0.6 is 0 Å². The second-order valence-corrected chi connectivity index (χ2v) is 8.68. The number of nitrogens with zero attached hydrogens (tertiary/aromatic N) is 3. The molecular formula is C18H23N3O4S. The maximum absolute atomic E-state index is 13.0. The molecule has 1 aromatic heterocycles. The number of carboxylic acids is 1. The molecule has 0 radical (unpaired) electrons. The Morgan fingerprint density at radius 1 is 1.31 bits per heavy atom. The van der Waals surface area contributed by atoms with E-state index in [4.69, 9.17) is 0 Å². The van der Waals surface area contributed by atoms with Gasteiger partial charge in [-0.15, -0.1) is 0 Å². The van der Waals surface area contributed by atoms with Crippen LogP contribution in [0, 0.1) is 19.8 Å². The number of carboxylic acid groups (broad SMARTS) is 1. The number of carbonyl (C=O) groups is 1. The van der Waals surface area contributed by atoms with Gasteiger partial charge in [-0.1, -0.05) is 18.2 Å². The average Bonchev–Trinajstić information content (AvgIpc) is 3.13. The highest BCUT2D eigenvalue weighted by Gasteiger charge is 2.36. The number of aromatic nitrogens is 2. The number of aromatic carboxylic acids is 1. The lowest BCUT2D eigenvalue weighted by Crippen LogP contribution is -2.30. The lowest BCUT2D eigenvalue weighted by atomic mass is 9.95. The summed E-state index contributed by atoms with van der Waals surface area (Å²) in [7, 11) is -1.86. The number of hydrogen-bond acceptors (Lipinski definition) is 4. The van der Waals surface area contributed by atoms with E-state index in [-0.39, 0.29) is 16.4 Å². The van der Waals surface area contributed by atoms with Gasteiger partial charge in [0, 0.05) is 20.1 Å². The summed E-state index contributed by atoms with van der Waals surface area (Å²) in [6.45, 7) is 4.29. The smallest absolute Gasteiger partial charge is 0.335 e. The number of hydrogen-bond donors (Lipinski definition) is 1. The maximum atomic E-state index is 13.0. The first kappa shape index (κ1) is 18.6. The van der Waals surface area contributed by atoms with E-state index in [0.29, 0.717) is 37.3 Å². The molecule has 1 aliphatic heterocycles. The van der Waals surface area contributed by atoms with Gasteiger partial charge in [-0.05, 0) is 44.2 Å². The molecule has 140 valence electrons. The average molecular weight is 377 g/mol. The zero-order chi connectivity index (χ0) is 19.1. The highest BCUT2D eigenvalue weighted by molar-refractivity contribution is 7.89. The van der Waals surface area contributed by atoms with Crippen LogP contribution < -0.4 is 0 Å². The molecule has 1 N–H and O–H groups in total. The lowest BCUT2D eigenvalue weighted by Gasteiger charge is -2.17. The molecule has 2 heterocycles. The first-order chi connectivity index (χ1) is 12.2. The SMILES string of the molecule is Cc1nn(C)c(C)c1S(=O)(=O)N1CCC(Cc2ccccc2C(=O)O)C1. The van der Waals surface area contributed by atoms with Gasteiger partial charge in [0.05, 0.1) is 17.0 Å². The minimum Gasteiger partial charge on any atom is -0.478 e. The topological polar surface area (TPSA) is 92.5 Å². The van der Waals surface area contributed by atoms with E-state index < -0.39 is 16.0 Å². The number of benzene rings is 1. The molecule has 0 aliphatic carbocycles. The van der Waals surface area contributed by atoms with E-state index in [9.17, 15) is 18.3 Å². The summed E-state index contributed by atoms with van der Waals surface area (Å²) < 4.78 is 29.2. The molecule has 1 fully saturated rings. The van der Waals surface area contributed by atoms with Crippen molar-refractivity contribution in [2.75, 3.05) is 13.1 Å². The third-order valence-electron chi connectivity index (χ3n) is 5.05. The molecule has 7 nitrogen and oxygen atoms in total. The van der Waals surface area contributed by atoms with Crippen LogP contribution in [0.15, 0.2) is 29.2 Å². The Morgan fingerprint density at radius 3 is 2.62 bits per heavy atom. The monoisotopic (exact) mass is 377 g/mol. The first-order valence-corrected chi connectivity index (χ1v) is 9.97. The minimum atomic E-state index is -3.60. The van der Waals surface area contributed by atoms with Crippen molar-refractivity contribution in [1.29, 1.82) is 0 Å². The van der Waals surface area contributed by atoms with Gasteiger partial charge in [0.2, 0.25) is 10.0 Å². The third kappa shape index (κ3) is 3.26. The quantitative estimate of drug-likeness (QED) is 0.860. The largest absolute Gasteiger partial charge is 0.478 e. The number of rotatable bonds is 5. The van der Waals surface area contributed by atoms with Crippen LogP contribution in [0.25, 0.3) is 0 Å². The predicted molar refractivity (Wildman–Crippen MR) is 96.7 cm³/mol. The van der Waals surface area contributed by atoms with Gasteiger partial charge in [-0.3, -0.25) is 4.68 Å². The lowest BCUT2D eigenvalue weighted by molar-refractivity contribution is 0.0695. The summed E-state index contributed by atoms with van der Waals surface area (Å²) in [5.41, 5.74) is 2.16. The number of aryl methyl sites for hydroxylation is 2. The normalized spacial score (nSPS) is 18.3. The van der Waals surface area contributed by atoms with E-state index in [1.807, 2.05) is 6.07 Å². The second kappa shape index (κ2) is 6.85. The van der Waals surface area contributed by atoms with Crippen molar-refractivity contribution in [2.45, 2.75) is 31.6 Å². The van der Waals surface area contributed by atoms with Crippen molar-refractivity contribution >= 4 is 16.0 Å². The highest BCUT2D eigenvalue weighted by Crippen LogP contribution is 2.30. The first-order valence-electron chi connectivity index (χ1n) is 8.53. The van der Waals surface area contributed by atoms with Gasteiger partial charge in [0.15, 0.2) is 0 Å². The zero-order valence-corrected chi connectivity index (χ0v) is 16.0. The third-order valence-corrected chi connectivity index (χ3v) is 7.16. The van der Waals surface area contributed by atoms with Crippen molar-refractivity contribution in [1.82, 2.24) is 14.1 Å². The molecule has 1 atom stereocenters. The van der Waals surface area contributed by atoms with Gasteiger partial charge in [-0.25, -0.2) is 13.2 Å². The Hall–Kier alpha value is -2.19. The van der Waals surface area contributed by atoms with Crippen molar-refractivity contribution < 1.29 is 18.3 Å². The molecule has 0 bridgehead atoms. The molecular weight excluding hydrogens is 354 g/mol. The fourth-order valence-corrected chi connectivity index (χ4v) is 5.59. The maximum Gasteiger partial charge on any atom is 0.335 e. The van der Waals surface area contributed by atoms with Crippen molar-refractivity contribution in [2.24, 2.45) is 13.0 Å². The summed E-state index contributed by atoms with van der Waals surface area (Å²) in [6.07, 6.45) is 1.27. The second-order valence-electron chi connectivity index (χ2n) is 6.81. The van der Waals surface area contributed by atoms with Crippen molar-refractivity contribution in [3.63, 3.8) is 0 Å². The Morgan fingerprint density at radius 2 is 2.00 bits per heavy atom. The Balaban J connectivity index is 1.80. The van der Waals surface area contributed by atoms with Crippen LogP contribution in [0.1, 0.15) is 33.7 Å². The van der Waals surface area contributed by atoms with Gasteiger partial charge in [-0.2, -0.15) is 9.40 Å². The van der Waals surface area contributed by atoms with Gasteiger partial charge in [0.1, 0.15) is 4.90 Å². The number of sulfonamides is 1. The van der Waals surface area contributed by atoms with Gasteiger partial charge in [0.25, 0.3) is 0 Å². The van der Waals surface area contributed by atoms with E-state index in [1.165, 1.54) is 4.31 Å². The summed E-state index contributed by atoms with van der Waals surface area (Å²) in [6, 6.07) is 6.90. The molecule has 1 aliphatic rings. The summed E-state index contributed by atoms with van der Waals surface area (Å²) in [4.78, 5) is 11.6. The molecule has 26 heavy (non-hydrogen) atoms. The zero-order valence-electron chi connectivity index (χ0n) is 15.1. The van der Waals surface area contributed by atoms with Gasteiger partial charge < -0.3 is 5.11 Å². The van der Waals surface area contributed by atoms with Crippen LogP contribution in [0.5, 0.6) is 0 Å². The van der Waals surface area contributed by atoms with Crippen LogP contribution in [0.3, 0.4) is 0 Å². The fraction of sp³-hybridized carbons (Fsp3) is 0.444. The highest BCUT2D eigenvalue weighted by atomic mass is 32.2. The summed E-state index contributed by atoms with van der Waals surface area (Å²) in [5.74, 6) is -0.854. The van der Waals surface area contributed by atoms with Crippen molar-refractivity contribution in [3.05, 3.63) is 46.8 Å². The fourth-order valence-electron chi connectivity index (χ4n) is 3.66. The Labute approximate surface area is 153 Å². The predicted octanol–water partition coefficient (Wildman–Crippen LogP) is 1.99. The molecule has 0 spiro atoms. The standard InChI is InChI=1S/C18H23N3O4S/c1-12-17(13(2)20(3)19-12)26(24,25)21-9-8-14(11-21)10-15-6-4-5-7-16(15)18(22)23/h4-7,14H,8-11H2,1-3H3,(H,22,23). The van der Waals surface area contributed by atoms with E-state index in [0.717, 1.165) is 5.56 Å². The van der Waals surface area contributed by atoms with Crippen molar-refractivity contribution in [3.8, 4) is 0 Å². The Kier molecular flexibility index (Phi) is 4.90. The van der Waals surface area contributed by atoms with E-state index in [2.05, 4.69) is 5.10 Å². The summed E-state index contributed by atoms with van der Waals surface area (Å²) in [5, 5.41) is 13.5. The van der Waals surface area contributed by atoms with Crippen LogP contribution in [-0.2, 0) is 23.5 Å².